The molecule has 0 fully saturated rings. The Kier molecular flexibility index (Phi) is 4.76. The lowest BCUT2D eigenvalue weighted by Crippen LogP contribution is -2.33. The summed E-state index contributed by atoms with van der Waals surface area (Å²) < 4.78 is 9.77. The summed E-state index contributed by atoms with van der Waals surface area (Å²) in [4.78, 5) is 23.0. The van der Waals surface area contributed by atoms with Crippen LogP contribution >= 0.6 is 0 Å². The van der Waals surface area contributed by atoms with Gasteiger partial charge in [-0.05, 0) is 12.0 Å². The Morgan fingerprint density at radius 2 is 2.00 bits per heavy atom. The van der Waals surface area contributed by atoms with Crippen LogP contribution in [0.15, 0.2) is 42.5 Å². The van der Waals surface area contributed by atoms with Crippen molar-refractivity contribution >= 4 is 12.1 Å². The third-order valence-electron chi connectivity index (χ3n) is 3.10. The number of hydrogen-bond acceptors (Lipinski definition) is 4. The zero-order valence-electron chi connectivity index (χ0n) is 11.2. The quantitative estimate of drug-likeness (QED) is 0.674. The lowest BCUT2D eigenvalue weighted by Gasteiger charge is -2.13. The number of hydrogen-bond donors (Lipinski definition) is 1. The lowest BCUT2D eigenvalue weighted by molar-refractivity contribution is -0.143. The molecular weight excluding hydrogens is 258 g/mol. The highest BCUT2D eigenvalue weighted by Crippen LogP contribution is 2.19. The largest absolute Gasteiger partial charge is 0.469 e. The molecule has 0 radical (unpaired) electrons. The molecule has 0 unspecified atom stereocenters. The molecule has 0 saturated heterocycles. The van der Waals surface area contributed by atoms with Gasteiger partial charge in [-0.3, -0.25) is 4.79 Å². The van der Waals surface area contributed by atoms with E-state index in [2.05, 4.69) is 10.1 Å². The Hall–Kier alpha value is -2.30. The van der Waals surface area contributed by atoms with Crippen molar-refractivity contribution in [3.63, 3.8) is 0 Å². The maximum atomic E-state index is 11.6. The zero-order valence-corrected chi connectivity index (χ0v) is 11.2. The van der Waals surface area contributed by atoms with Crippen molar-refractivity contribution in [2.45, 2.75) is 19.1 Å². The highest BCUT2D eigenvalue weighted by atomic mass is 16.5. The Morgan fingerprint density at radius 3 is 2.70 bits per heavy atom. The third-order valence-corrected chi connectivity index (χ3v) is 3.10. The Labute approximate surface area is 117 Å². The van der Waals surface area contributed by atoms with Gasteiger partial charge in [0.05, 0.1) is 19.1 Å². The lowest BCUT2D eigenvalue weighted by atomic mass is 10.1. The molecule has 1 aliphatic rings. The molecule has 5 heteroatoms. The minimum absolute atomic E-state index is 0.192. The van der Waals surface area contributed by atoms with Crippen LogP contribution in [0.3, 0.4) is 0 Å². The monoisotopic (exact) mass is 275 g/mol. The maximum absolute atomic E-state index is 11.6. The van der Waals surface area contributed by atoms with Gasteiger partial charge in [0.1, 0.15) is 6.61 Å². The van der Waals surface area contributed by atoms with E-state index in [-0.39, 0.29) is 24.5 Å². The van der Waals surface area contributed by atoms with Crippen LogP contribution in [0.4, 0.5) is 4.79 Å². The minimum Gasteiger partial charge on any atom is -0.469 e. The standard InChI is InChI=1S/C15H17NO4/c1-19-14(17)12-7-8-13(9-12)16-15(18)20-10-11-5-3-2-4-6-11/h2-8,12-13H,9-10H2,1H3,(H,16,18)/t12-,13+/m0/s1. The van der Waals surface area contributed by atoms with Gasteiger partial charge in [0.2, 0.25) is 0 Å². The van der Waals surface area contributed by atoms with Crippen LogP contribution in [-0.2, 0) is 20.9 Å². The first kappa shape index (κ1) is 14.1. The number of benzene rings is 1. The summed E-state index contributed by atoms with van der Waals surface area (Å²) in [6, 6.07) is 9.25. The average molecular weight is 275 g/mol. The minimum atomic E-state index is -0.492. The predicted octanol–water partition coefficient (Wildman–Crippen LogP) is 2.03. The number of alkyl carbamates (subject to hydrolysis) is 1. The van der Waals surface area contributed by atoms with Gasteiger partial charge in [0.15, 0.2) is 0 Å². The summed E-state index contributed by atoms with van der Waals surface area (Å²) in [5, 5.41) is 2.70. The number of nitrogens with one attached hydrogen (secondary N) is 1. The molecule has 1 N–H and O–H groups in total. The average Bonchev–Trinajstić information content (AvgIpc) is 2.94. The molecule has 5 nitrogen and oxygen atoms in total. The fraction of sp³-hybridized carbons (Fsp3) is 0.333. The normalized spacial score (nSPS) is 20.4. The SMILES string of the molecule is COC(=O)[C@H]1C=C[C@@H](NC(=O)OCc2ccccc2)C1. The number of ether oxygens (including phenoxy) is 2. The van der Waals surface area contributed by atoms with Crippen LogP contribution in [-0.4, -0.2) is 25.2 Å². The highest BCUT2D eigenvalue weighted by molar-refractivity contribution is 5.75. The first-order chi connectivity index (χ1) is 9.69. The highest BCUT2D eigenvalue weighted by Gasteiger charge is 2.26. The van der Waals surface area contributed by atoms with Gasteiger partial charge in [-0.2, -0.15) is 0 Å². The first-order valence-electron chi connectivity index (χ1n) is 6.42. The molecule has 1 aliphatic carbocycles. The van der Waals surface area contributed by atoms with Gasteiger partial charge >= 0.3 is 12.1 Å². The van der Waals surface area contributed by atoms with Crippen molar-refractivity contribution in [3.8, 4) is 0 Å². The molecule has 20 heavy (non-hydrogen) atoms. The number of esters is 1. The molecule has 0 spiro atoms. The molecule has 1 aromatic rings. The van der Waals surface area contributed by atoms with E-state index in [9.17, 15) is 9.59 Å². The fourth-order valence-corrected chi connectivity index (χ4v) is 2.05. The van der Waals surface area contributed by atoms with E-state index in [1.807, 2.05) is 30.3 Å². The fourth-order valence-electron chi connectivity index (χ4n) is 2.05. The van der Waals surface area contributed by atoms with Crippen molar-refractivity contribution < 1.29 is 19.1 Å². The Bertz CT molecular complexity index is 498. The summed E-state index contributed by atoms with van der Waals surface area (Å²) in [6.45, 7) is 0.226. The smallest absolute Gasteiger partial charge is 0.407 e. The van der Waals surface area contributed by atoms with Crippen LogP contribution in [0.5, 0.6) is 0 Å². The van der Waals surface area contributed by atoms with Gasteiger partial charge in [0.25, 0.3) is 0 Å². The summed E-state index contributed by atoms with van der Waals surface area (Å²) in [7, 11) is 1.35. The molecule has 1 aromatic carbocycles. The van der Waals surface area contributed by atoms with Crippen molar-refractivity contribution in [1.82, 2.24) is 5.32 Å². The number of rotatable bonds is 4. The van der Waals surface area contributed by atoms with Crippen molar-refractivity contribution in [2.75, 3.05) is 7.11 Å². The number of amides is 1. The van der Waals surface area contributed by atoms with Crippen molar-refractivity contribution in [2.24, 2.45) is 5.92 Å². The Balaban J connectivity index is 1.73. The van der Waals surface area contributed by atoms with Crippen LogP contribution < -0.4 is 5.32 Å². The summed E-state index contributed by atoms with van der Waals surface area (Å²) in [5.41, 5.74) is 0.928. The van der Waals surface area contributed by atoms with Gasteiger partial charge in [-0.25, -0.2) is 4.79 Å². The first-order valence-corrected chi connectivity index (χ1v) is 6.42. The van der Waals surface area contributed by atoms with Crippen LogP contribution in [0.25, 0.3) is 0 Å². The van der Waals surface area contributed by atoms with Crippen LogP contribution in [0.1, 0.15) is 12.0 Å². The summed E-state index contributed by atoms with van der Waals surface area (Å²) >= 11 is 0. The molecule has 0 aliphatic heterocycles. The maximum Gasteiger partial charge on any atom is 0.407 e. The second kappa shape index (κ2) is 6.75. The summed E-state index contributed by atoms with van der Waals surface area (Å²) in [5.74, 6) is -0.581. The van der Waals surface area contributed by atoms with E-state index < -0.39 is 6.09 Å². The predicted molar refractivity (Wildman–Crippen MR) is 72.8 cm³/mol. The third kappa shape index (κ3) is 3.85. The van der Waals surface area contributed by atoms with E-state index in [4.69, 9.17) is 4.74 Å². The van der Waals surface area contributed by atoms with E-state index in [0.717, 1.165) is 5.56 Å². The second-order valence-corrected chi connectivity index (χ2v) is 4.56. The molecule has 2 rings (SSSR count). The van der Waals surface area contributed by atoms with E-state index in [0.29, 0.717) is 6.42 Å². The van der Waals surface area contributed by atoms with E-state index in [1.165, 1.54) is 7.11 Å². The second-order valence-electron chi connectivity index (χ2n) is 4.56. The van der Waals surface area contributed by atoms with E-state index >= 15 is 0 Å². The number of carbonyl (C=O) groups is 2. The molecule has 1 amide bonds. The molecule has 106 valence electrons. The molecule has 0 bridgehead atoms. The van der Waals surface area contributed by atoms with Crippen molar-refractivity contribution in [3.05, 3.63) is 48.0 Å². The molecule has 0 aromatic heterocycles. The van der Waals surface area contributed by atoms with Crippen LogP contribution in [0.2, 0.25) is 0 Å². The Morgan fingerprint density at radius 1 is 1.25 bits per heavy atom. The zero-order chi connectivity index (χ0) is 14.4. The van der Waals surface area contributed by atoms with Crippen molar-refractivity contribution in [1.29, 1.82) is 0 Å². The molecule has 0 saturated carbocycles. The molecule has 2 atom stereocenters. The molecule has 0 heterocycles. The summed E-state index contributed by atoms with van der Waals surface area (Å²) in [6.07, 6.45) is 3.54. The van der Waals surface area contributed by atoms with Gasteiger partial charge in [0, 0.05) is 0 Å². The van der Waals surface area contributed by atoms with Crippen LogP contribution in [0, 0.1) is 5.92 Å². The van der Waals surface area contributed by atoms with Gasteiger partial charge in [-0.15, -0.1) is 0 Å². The molecular formula is C15H17NO4. The van der Waals surface area contributed by atoms with Gasteiger partial charge in [-0.1, -0.05) is 42.5 Å². The number of methoxy groups -OCH3 is 1. The van der Waals surface area contributed by atoms with Gasteiger partial charge < -0.3 is 14.8 Å². The topological polar surface area (TPSA) is 64.6 Å². The number of carbonyl (C=O) groups excluding carboxylic acids is 2. The van der Waals surface area contributed by atoms with E-state index in [1.54, 1.807) is 12.2 Å².